The minimum absolute atomic E-state index is 0. The van der Waals surface area contributed by atoms with Crippen LogP contribution in [0.5, 0.6) is 0 Å². The molecule has 0 fully saturated rings. The maximum atomic E-state index is 14.0. The summed E-state index contributed by atoms with van der Waals surface area (Å²) in [6.45, 7) is 2.49. The van der Waals surface area contributed by atoms with Crippen LogP contribution in [0, 0.1) is 22.9 Å². The maximum Gasteiger partial charge on any atom is 0.306 e. The van der Waals surface area contributed by atoms with Crippen LogP contribution < -0.4 is 5.32 Å². The number of halogens is 16. The SMILES string of the molecule is Cc1cc(F)c([N+](=O)[O-])cc1Nc1nccc(-c2c(-c3ncco3)n3c4c(cccc24)CCC3)n1.F.FF.FF.FF.FF.FF.FF.FF. The Hall–Kier alpha value is -5.65. The summed E-state index contributed by atoms with van der Waals surface area (Å²) < 4.78 is 134. The third-order valence-electron chi connectivity index (χ3n) is 6.28. The molecular formula is C25H20F16N6O3. The van der Waals surface area contributed by atoms with Crippen molar-refractivity contribution in [2.45, 2.75) is 26.3 Å². The molecule has 50 heavy (non-hydrogen) atoms. The molecule has 4 heterocycles. The van der Waals surface area contributed by atoms with Gasteiger partial charge in [0.15, 0.2) is 0 Å². The van der Waals surface area contributed by atoms with Crippen LogP contribution in [-0.4, -0.2) is 24.4 Å². The van der Waals surface area contributed by atoms with E-state index in [1.807, 2.05) is 6.07 Å². The van der Waals surface area contributed by atoms with Crippen molar-refractivity contribution in [2.24, 2.45) is 0 Å². The molecule has 0 spiro atoms. The summed E-state index contributed by atoms with van der Waals surface area (Å²) in [5.41, 5.74) is 4.99. The summed E-state index contributed by atoms with van der Waals surface area (Å²) in [5.74, 6) is -0.156. The first-order chi connectivity index (χ1) is 24.0. The minimum Gasteiger partial charge on any atom is -0.443 e. The molecule has 0 radical (unpaired) electrons. The van der Waals surface area contributed by atoms with Gasteiger partial charge in [0.2, 0.25) is 17.7 Å². The van der Waals surface area contributed by atoms with Gasteiger partial charge in [-0.05, 0) is 43.0 Å². The number of para-hydroxylation sites is 1. The maximum absolute atomic E-state index is 14.0. The fraction of sp³-hybridized carbons (Fsp3) is 0.160. The number of hydrogen-bond donors (Lipinski definition) is 1. The van der Waals surface area contributed by atoms with Gasteiger partial charge in [0.1, 0.15) is 12.0 Å². The number of benzene rings is 2. The summed E-state index contributed by atoms with van der Waals surface area (Å²) in [7, 11) is 0. The fourth-order valence-corrected chi connectivity index (χ4v) is 4.78. The summed E-state index contributed by atoms with van der Waals surface area (Å²) >= 11 is 0. The van der Waals surface area contributed by atoms with Crippen LogP contribution in [0.2, 0.25) is 0 Å². The minimum atomic E-state index is -0.891. The zero-order valence-corrected chi connectivity index (χ0v) is 24.4. The molecule has 280 valence electrons. The Labute approximate surface area is 267 Å². The van der Waals surface area contributed by atoms with Crippen LogP contribution in [-0.2, 0) is 13.0 Å². The zero-order valence-electron chi connectivity index (χ0n) is 24.4. The first-order valence-corrected chi connectivity index (χ1v) is 12.1. The van der Waals surface area contributed by atoms with Crippen molar-refractivity contribution in [2.75, 3.05) is 5.32 Å². The highest BCUT2D eigenvalue weighted by molar-refractivity contribution is 6.04. The molecule has 25 heteroatoms. The van der Waals surface area contributed by atoms with Gasteiger partial charge in [0.05, 0.1) is 28.0 Å². The highest BCUT2D eigenvalue weighted by atomic mass is 20.0. The smallest absolute Gasteiger partial charge is 0.306 e. The normalized spacial score (nSPS) is 9.76. The van der Waals surface area contributed by atoms with Crippen LogP contribution in [0.4, 0.5) is 90.5 Å². The first-order valence-electron chi connectivity index (χ1n) is 12.1. The number of nitrogens with one attached hydrogen (secondary N) is 1. The van der Waals surface area contributed by atoms with E-state index in [0.29, 0.717) is 22.8 Å². The third-order valence-corrected chi connectivity index (χ3v) is 6.28. The van der Waals surface area contributed by atoms with Gasteiger partial charge in [-0.25, -0.2) is 15.0 Å². The molecule has 0 saturated heterocycles. The van der Waals surface area contributed by atoms with Crippen LogP contribution in [0.25, 0.3) is 33.7 Å². The predicted molar refractivity (Wildman–Crippen MR) is 146 cm³/mol. The highest BCUT2D eigenvalue weighted by Crippen LogP contribution is 2.43. The van der Waals surface area contributed by atoms with Crippen LogP contribution in [0.1, 0.15) is 17.5 Å². The van der Waals surface area contributed by atoms with E-state index in [9.17, 15) is 14.5 Å². The molecule has 1 N–H and O–H groups in total. The second kappa shape index (κ2) is 27.3. The van der Waals surface area contributed by atoms with Crippen LogP contribution in [0.15, 0.2) is 59.5 Å². The highest BCUT2D eigenvalue weighted by Gasteiger charge is 2.27. The molecular weight excluding hydrogens is 736 g/mol. The molecule has 0 atom stereocenters. The molecule has 1 aliphatic rings. The second-order valence-corrected chi connectivity index (χ2v) is 8.40. The van der Waals surface area contributed by atoms with E-state index < -0.39 is 16.4 Å². The quantitative estimate of drug-likeness (QED) is 0.108. The second-order valence-electron chi connectivity index (χ2n) is 8.40. The third kappa shape index (κ3) is 11.5. The molecule has 0 aliphatic carbocycles. The Morgan fingerprint density at radius 3 is 2.06 bits per heavy atom. The Bertz CT molecular complexity index is 1650. The van der Waals surface area contributed by atoms with Crippen molar-refractivity contribution in [1.82, 2.24) is 19.5 Å². The lowest BCUT2D eigenvalue weighted by Crippen LogP contribution is -2.08. The largest absolute Gasteiger partial charge is 0.443 e. The summed E-state index contributed by atoms with van der Waals surface area (Å²) in [6.07, 6.45) is 6.78. The molecule has 6 rings (SSSR count). The van der Waals surface area contributed by atoms with E-state index in [2.05, 4.69) is 32.0 Å². The van der Waals surface area contributed by atoms with E-state index in [0.717, 1.165) is 53.7 Å². The van der Waals surface area contributed by atoms with Gasteiger partial charge in [-0.2, -0.15) is 4.39 Å². The van der Waals surface area contributed by atoms with Gasteiger partial charge in [0, 0.05) is 93.8 Å². The van der Waals surface area contributed by atoms with Crippen molar-refractivity contribution in [3.63, 3.8) is 0 Å². The van der Waals surface area contributed by atoms with Gasteiger partial charge in [-0.3, -0.25) is 14.8 Å². The number of nitrogens with zero attached hydrogens (tertiary/aromatic N) is 5. The standard InChI is InChI=1S/C25H19FN6O3.7F2.FH/c1-14-12-17(26)20(32(33)34)13-19(14)30-25-28-8-7-18(29-25)21-16-6-2-4-15-5-3-10-31(22(15)16)23(21)24-27-9-11-35-24;7*1-2;/h2,4,6-9,11-13H,3,5,10H2,1H3,(H,28,29,30);;;;;;;;1H. The summed E-state index contributed by atoms with van der Waals surface area (Å²) in [6, 6.07) is 10.3. The average Bonchev–Trinajstić information content (AvgIpc) is 3.83. The van der Waals surface area contributed by atoms with Gasteiger partial charge in [-0.1, -0.05) is 18.2 Å². The van der Waals surface area contributed by atoms with Crippen molar-refractivity contribution in [3.05, 3.63) is 82.1 Å². The van der Waals surface area contributed by atoms with E-state index >= 15 is 0 Å². The number of anilines is 2. The van der Waals surface area contributed by atoms with Gasteiger partial charge < -0.3 is 14.3 Å². The fourth-order valence-electron chi connectivity index (χ4n) is 4.78. The molecule has 9 nitrogen and oxygen atoms in total. The Morgan fingerprint density at radius 1 is 0.880 bits per heavy atom. The molecule has 0 amide bonds. The number of nitro groups is 1. The summed E-state index contributed by atoms with van der Waals surface area (Å²) in [5, 5.41) is 15.3. The number of aryl methyl sites for hydroxylation is 3. The number of aromatic nitrogens is 4. The zero-order chi connectivity index (χ0) is 38.1. The number of nitro benzene ring substituents is 1. The lowest BCUT2D eigenvalue weighted by molar-refractivity contribution is -0.387. The van der Waals surface area contributed by atoms with Crippen molar-refractivity contribution >= 4 is 28.2 Å². The number of oxazole rings is 1. The summed E-state index contributed by atoms with van der Waals surface area (Å²) in [4.78, 5) is 23.9. The topological polar surface area (TPSA) is 112 Å². The van der Waals surface area contributed by atoms with Crippen LogP contribution in [0.3, 0.4) is 0 Å². The Kier molecular flexibility index (Phi) is 26.6. The predicted octanol–water partition coefficient (Wildman–Crippen LogP) is 11.8. The molecule has 1 aliphatic heterocycles. The van der Waals surface area contributed by atoms with Gasteiger partial charge >= 0.3 is 5.69 Å². The molecule has 0 saturated carbocycles. The Morgan fingerprint density at radius 2 is 1.50 bits per heavy atom. The molecule has 0 bridgehead atoms. The lowest BCUT2D eigenvalue weighted by atomic mass is 10.0. The Balaban J connectivity index is -0.00000132. The molecule has 0 unspecified atom stereocenters. The van der Waals surface area contributed by atoms with Crippen molar-refractivity contribution in [3.8, 4) is 22.8 Å². The van der Waals surface area contributed by atoms with Crippen molar-refractivity contribution < 1.29 is 82.5 Å². The first kappa shape index (κ1) is 48.7. The van der Waals surface area contributed by atoms with Crippen LogP contribution >= 0.6 is 0 Å². The van der Waals surface area contributed by atoms with Crippen molar-refractivity contribution in [1.29, 1.82) is 0 Å². The van der Waals surface area contributed by atoms with Gasteiger partial charge in [0.25, 0.3) is 0 Å². The number of rotatable bonds is 5. The van der Waals surface area contributed by atoms with E-state index in [1.54, 1.807) is 31.6 Å². The number of hydrogen-bond acceptors (Lipinski definition) is 7. The molecule has 3 aromatic heterocycles. The van der Waals surface area contributed by atoms with E-state index in [-0.39, 0.29) is 10.7 Å². The monoisotopic (exact) mass is 756 g/mol. The molecule has 5 aromatic rings. The van der Waals surface area contributed by atoms with E-state index in [1.165, 1.54) is 5.56 Å². The van der Waals surface area contributed by atoms with Gasteiger partial charge in [-0.15, -0.1) is 0 Å². The average molecular weight is 756 g/mol. The molecule has 2 aromatic carbocycles. The van der Waals surface area contributed by atoms with E-state index in [4.69, 9.17) is 73.4 Å². The lowest BCUT2D eigenvalue weighted by Gasteiger charge is -2.16.